The summed E-state index contributed by atoms with van der Waals surface area (Å²) in [7, 11) is 0. The van der Waals surface area contributed by atoms with Gasteiger partial charge in [0.2, 0.25) is 5.71 Å². The van der Waals surface area contributed by atoms with Gasteiger partial charge in [-0.25, -0.2) is 29.9 Å². The molecule has 18 aromatic carbocycles. The molecule has 0 aliphatic heterocycles. The molecule has 14 heteroatoms. The minimum absolute atomic E-state index is 0.259. The molecule has 29 aromatic rings. The fraction of sp³-hybridized carbons (Fsp3) is 0.0256. The average Bonchev–Trinajstić information content (AvgIpc) is 1.57. The summed E-state index contributed by atoms with van der Waals surface area (Å²) in [5.41, 5.74) is 19.7. The van der Waals surface area contributed by atoms with Crippen molar-refractivity contribution in [3.05, 3.63) is 393 Å². The van der Waals surface area contributed by atoms with Crippen LogP contribution < -0.4 is 0 Å². The second kappa shape index (κ2) is 28.5. The summed E-state index contributed by atoms with van der Waals surface area (Å²) in [5.74, 6) is 2.51. The molecule has 1 aliphatic carbocycles. The summed E-state index contributed by atoms with van der Waals surface area (Å²) in [5, 5.41) is 24.3. The highest BCUT2D eigenvalue weighted by molar-refractivity contribution is 7.27. The number of hydrogen-bond donors (Lipinski definition) is 0. The molecule has 0 radical (unpaired) electrons. The molecule has 612 valence electrons. The van der Waals surface area contributed by atoms with Crippen LogP contribution in [0.25, 0.3) is 263 Å². The number of aromatic nitrogens is 9. The number of thiophene rings is 4. The highest BCUT2D eigenvalue weighted by atomic mass is 32.1. The zero-order valence-electron chi connectivity index (χ0n) is 70.4. The zero-order chi connectivity index (χ0) is 86.0. The average molecular weight is 1750 g/mol. The summed E-state index contributed by atoms with van der Waals surface area (Å²) in [6, 6.07) is 137. The van der Waals surface area contributed by atoms with Gasteiger partial charge >= 0.3 is 0 Å². The van der Waals surface area contributed by atoms with Gasteiger partial charge in [0, 0.05) is 136 Å². The quantitative estimate of drug-likeness (QED) is 0.163. The predicted molar refractivity (Wildman–Crippen MR) is 554 cm³/mol. The molecule has 10 nitrogen and oxygen atoms in total. The van der Waals surface area contributed by atoms with Gasteiger partial charge in [-0.1, -0.05) is 275 Å². The van der Waals surface area contributed by atoms with Gasteiger partial charge < -0.3 is 4.42 Å². The SMILES string of the molecule is CC1(C)c2ccccc2-c2nc(-n3c4ccccc4c4cc5ccccc5cc43)c(-c3ccc4c(c3)sc3ccccc34)nc21.c1ccc2cc3c(cc2c1)c1ccccc1n3-c1nc2c(nc1-c1ccc3sc4ccccc4c3c1)oc1ccccc12.c1ccc2cc3c(cc2c1)c1ccccc1n3-c1nc2c(nc1-c1ccc3sc4ccccc4c3c1)sc1ccccc12. The number of nitrogens with zero attached hydrogens (tertiary/aromatic N) is 9. The van der Waals surface area contributed by atoms with Crippen molar-refractivity contribution in [3.63, 3.8) is 0 Å². The number of fused-ring (bicyclic) bond motifs is 30. The number of para-hydroxylation sites is 4. The van der Waals surface area contributed by atoms with Crippen LogP contribution in [0.2, 0.25) is 0 Å². The summed E-state index contributed by atoms with van der Waals surface area (Å²) >= 11 is 7.21. The van der Waals surface area contributed by atoms with Crippen LogP contribution in [-0.4, -0.2) is 43.6 Å². The third kappa shape index (κ3) is 11.4. The van der Waals surface area contributed by atoms with Gasteiger partial charge in [0.05, 0.1) is 44.5 Å². The normalized spacial score (nSPS) is 12.7. The maximum atomic E-state index is 6.28. The molecule has 0 N–H and O–H groups in total. The molecule has 1 aliphatic rings. The second-order valence-electron chi connectivity index (χ2n) is 34.7. The number of benzene rings is 18. The van der Waals surface area contributed by atoms with E-state index in [1.807, 2.05) is 52.2 Å². The molecular weight excluding hydrogens is 1680 g/mol. The lowest BCUT2D eigenvalue weighted by Crippen LogP contribution is -2.18. The highest BCUT2D eigenvalue weighted by Gasteiger charge is 2.40. The molecule has 0 saturated carbocycles. The van der Waals surface area contributed by atoms with Crippen LogP contribution in [0.4, 0.5) is 0 Å². The molecule has 0 unspecified atom stereocenters. The fourth-order valence-electron chi connectivity index (χ4n) is 20.8. The monoisotopic (exact) mass is 1740 g/mol. The molecule has 0 bridgehead atoms. The smallest absolute Gasteiger partial charge is 0.247 e. The van der Waals surface area contributed by atoms with Gasteiger partial charge in [-0.15, -0.1) is 45.3 Å². The first-order valence-electron chi connectivity index (χ1n) is 44.1. The van der Waals surface area contributed by atoms with Crippen LogP contribution in [0.15, 0.2) is 387 Å². The van der Waals surface area contributed by atoms with Gasteiger partial charge in [-0.3, -0.25) is 13.7 Å². The van der Waals surface area contributed by atoms with Crippen molar-refractivity contribution in [3.8, 4) is 62.5 Å². The van der Waals surface area contributed by atoms with Gasteiger partial charge in [0.1, 0.15) is 38.5 Å². The molecule has 0 amide bonds. The lowest BCUT2D eigenvalue weighted by atomic mass is 9.85. The first-order valence-corrected chi connectivity index (χ1v) is 47.4. The Bertz CT molecular complexity index is 9610. The highest BCUT2D eigenvalue weighted by Crippen LogP contribution is 2.52. The van der Waals surface area contributed by atoms with E-state index in [1.165, 1.54) is 141 Å². The van der Waals surface area contributed by atoms with Crippen LogP contribution in [-0.2, 0) is 5.41 Å². The Morgan fingerprint density at radius 1 is 0.237 bits per heavy atom. The minimum Gasteiger partial charge on any atom is -0.436 e. The Kier molecular flexibility index (Phi) is 16.2. The zero-order valence-corrected chi connectivity index (χ0v) is 73.7. The Balaban J connectivity index is 0.0000000986. The van der Waals surface area contributed by atoms with Crippen LogP contribution in [0, 0.1) is 0 Å². The number of hydrogen-bond acceptors (Lipinski definition) is 11. The Morgan fingerprint density at radius 2 is 0.603 bits per heavy atom. The van der Waals surface area contributed by atoms with Gasteiger partial charge in [0.25, 0.3) is 0 Å². The molecule has 30 rings (SSSR count). The third-order valence-corrected chi connectivity index (χ3v) is 31.4. The van der Waals surface area contributed by atoms with Crippen LogP contribution in [0.5, 0.6) is 0 Å². The largest absolute Gasteiger partial charge is 0.436 e. The van der Waals surface area contributed by atoms with Gasteiger partial charge in [0.15, 0.2) is 17.5 Å². The van der Waals surface area contributed by atoms with E-state index < -0.39 is 0 Å². The molecular formula is C117H69N9OS4. The molecule has 0 saturated heterocycles. The predicted octanol–water partition coefficient (Wildman–Crippen LogP) is 32.9. The standard InChI is InChI=1S/C41H27N3S.C38H21N3OS.C38H21N3S2/c1-41(2)32-16-8-5-15-30(32)38-39(41)42-37(26-19-20-29-28-14-7-10-18-35(28)45-36(29)23-26)40(43-38)44-33-17-9-6-13-27(33)31-21-24-11-3-4-12-25(24)22-34(31)44;1-2-10-23-21-31-28(19-22(23)9-1)25-11-3-6-14-30(25)41(31)37-35(40-38-36(39-37)27-13-4-7-15-32(27)42-38)24-17-18-34-29(20-24)26-12-5-8-16-33(26)43-34;1-2-10-23-21-31-28(19-22(23)9-1)25-11-3-6-14-30(25)41(31)37-35(40-38-36(39-37)27-13-5-8-16-33(27)43-38)24-17-18-34-29(20-24)26-12-4-7-15-32(26)42-34/h3-23H,1-2H3;2*1-21H. The van der Waals surface area contributed by atoms with Gasteiger partial charge in [-0.2, -0.15) is 0 Å². The van der Waals surface area contributed by atoms with Crippen molar-refractivity contribution in [1.29, 1.82) is 0 Å². The maximum absolute atomic E-state index is 6.28. The summed E-state index contributed by atoms with van der Waals surface area (Å²) in [6.45, 7) is 4.55. The first kappa shape index (κ1) is 74.2. The minimum atomic E-state index is -0.259. The summed E-state index contributed by atoms with van der Waals surface area (Å²) < 4.78 is 22.1. The number of furan rings is 1. The Labute approximate surface area is 763 Å². The van der Waals surface area contributed by atoms with Crippen LogP contribution >= 0.6 is 45.3 Å². The van der Waals surface area contributed by atoms with Gasteiger partial charge in [-0.05, 0) is 159 Å². The molecule has 0 spiro atoms. The molecule has 0 atom stereocenters. The van der Waals surface area contributed by atoms with E-state index >= 15 is 0 Å². The summed E-state index contributed by atoms with van der Waals surface area (Å²) in [6.07, 6.45) is 0. The van der Waals surface area contributed by atoms with E-state index in [0.29, 0.717) is 5.71 Å². The van der Waals surface area contributed by atoms with Crippen molar-refractivity contribution >= 4 is 246 Å². The summed E-state index contributed by atoms with van der Waals surface area (Å²) in [4.78, 5) is 33.8. The van der Waals surface area contributed by atoms with Crippen LogP contribution in [0.3, 0.4) is 0 Å². The Hall–Kier alpha value is -15.9. The van der Waals surface area contributed by atoms with Crippen molar-refractivity contribution in [2.45, 2.75) is 19.3 Å². The van der Waals surface area contributed by atoms with Crippen molar-refractivity contribution in [1.82, 2.24) is 43.6 Å². The van der Waals surface area contributed by atoms with E-state index in [1.54, 1.807) is 11.3 Å². The lowest BCUT2D eigenvalue weighted by molar-refractivity contribution is 0.635. The lowest BCUT2D eigenvalue weighted by Gasteiger charge is -2.21. The molecule has 11 heterocycles. The first-order chi connectivity index (χ1) is 64.7. The van der Waals surface area contributed by atoms with E-state index in [2.05, 4.69) is 392 Å². The van der Waals surface area contributed by atoms with E-state index in [0.717, 1.165) is 128 Å². The number of rotatable bonds is 6. The van der Waals surface area contributed by atoms with E-state index in [-0.39, 0.29) is 5.41 Å². The molecule has 11 aromatic heterocycles. The Morgan fingerprint density at radius 3 is 1.13 bits per heavy atom. The van der Waals surface area contributed by atoms with E-state index in [9.17, 15) is 0 Å². The second-order valence-corrected chi connectivity index (χ2v) is 39.0. The van der Waals surface area contributed by atoms with Crippen molar-refractivity contribution < 1.29 is 4.42 Å². The van der Waals surface area contributed by atoms with Crippen molar-refractivity contribution in [2.24, 2.45) is 0 Å². The molecule has 131 heavy (non-hydrogen) atoms. The fourth-order valence-corrected chi connectivity index (χ4v) is 25.1. The van der Waals surface area contributed by atoms with Crippen molar-refractivity contribution in [2.75, 3.05) is 0 Å². The third-order valence-electron chi connectivity index (χ3n) is 26.9. The topological polar surface area (TPSA) is 105 Å². The maximum Gasteiger partial charge on any atom is 0.247 e. The van der Waals surface area contributed by atoms with Crippen LogP contribution in [0.1, 0.15) is 25.1 Å². The molecule has 0 fully saturated rings. The van der Waals surface area contributed by atoms with E-state index in [4.69, 9.17) is 34.3 Å².